The number of carbonyl (C=O) groups excluding carboxylic acids is 4. The number of fused-ring (bicyclic) bond motifs is 2. The smallest absolute Gasteiger partial charge is 0.257 e. The molecule has 4 aliphatic rings. The Morgan fingerprint density at radius 2 is 1.44 bits per heavy atom. The van der Waals surface area contributed by atoms with Crippen LogP contribution in [-0.2, 0) is 19.2 Å². The van der Waals surface area contributed by atoms with E-state index in [1.54, 1.807) is 12.3 Å². The lowest BCUT2D eigenvalue weighted by molar-refractivity contribution is -0.135. The average Bonchev–Trinajstić information content (AvgIpc) is 3.31. The second-order valence-corrected chi connectivity index (χ2v) is 6.67. The lowest BCUT2D eigenvalue weighted by Crippen LogP contribution is -2.26. The van der Waals surface area contributed by atoms with Crippen LogP contribution in [0.2, 0.25) is 0 Å². The van der Waals surface area contributed by atoms with Crippen molar-refractivity contribution < 1.29 is 19.2 Å². The molecule has 6 nitrogen and oxygen atoms in total. The Kier molecular flexibility index (Phi) is 3.42. The molecule has 1 saturated carbocycles. The van der Waals surface area contributed by atoms with Gasteiger partial charge in [-0.2, -0.15) is 0 Å². The number of nitrogens with zero attached hydrogens (tertiary/aromatic N) is 2. The molecular formula is C19H16N2O4. The number of allylic oxidation sites excluding steroid dienone is 4. The first-order valence-corrected chi connectivity index (χ1v) is 8.19. The van der Waals surface area contributed by atoms with Gasteiger partial charge in [0, 0.05) is 42.1 Å². The van der Waals surface area contributed by atoms with E-state index in [0.29, 0.717) is 5.92 Å². The van der Waals surface area contributed by atoms with Crippen LogP contribution in [0.3, 0.4) is 0 Å². The van der Waals surface area contributed by atoms with Crippen LogP contribution in [0.1, 0.15) is 19.3 Å². The third-order valence-electron chi connectivity index (χ3n) is 5.21. The van der Waals surface area contributed by atoms with Crippen LogP contribution in [-0.4, -0.2) is 33.4 Å². The Labute approximate surface area is 144 Å². The first kappa shape index (κ1) is 15.5. The van der Waals surface area contributed by atoms with Crippen LogP contribution < -0.4 is 0 Å². The van der Waals surface area contributed by atoms with Crippen LogP contribution >= 0.6 is 0 Å². The maximum Gasteiger partial charge on any atom is 0.257 e. The van der Waals surface area contributed by atoms with E-state index in [4.69, 9.17) is 0 Å². The summed E-state index contributed by atoms with van der Waals surface area (Å²) in [7, 11) is 0. The molecule has 0 N–H and O–H groups in total. The number of carbonyl (C=O) groups is 4. The van der Waals surface area contributed by atoms with Crippen molar-refractivity contribution in [1.82, 2.24) is 9.80 Å². The fourth-order valence-corrected chi connectivity index (χ4v) is 3.90. The molecule has 0 spiro atoms. The zero-order valence-corrected chi connectivity index (χ0v) is 13.4. The van der Waals surface area contributed by atoms with Crippen molar-refractivity contribution >= 4 is 23.6 Å². The maximum atomic E-state index is 11.7. The summed E-state index contributed by atoms with van der Waals surface area (Å²) in [5.41, 5.74) is 0.753. The van der Waals surface area contributed by atoms with E-state index >= 15 is 0 Å². The number of hydrogen-bond acceptors (Lipinski definition) is 4. The zero-order chi connectivity index (χ0) is 17.6. The summed E-state index contributed by atoms with van der Waals surface area (Å²) in [6.45, 7) is 0. The number of amides is 4. The van der Waals surface area contributed by atoms with E-state index < -0.39 is 0 Å². The predicted octanol–water partition coefficient (Wildman–Crippen LogP) is 1.59. The second-order valence-electron chi connectivity index (χ2n) is 6.67. The average molecular weight is 336 g/mol. The summed E-state index contributed by atoms with van der Waals surface area (Å²) >= 11 is 0. The Bertz CT molecular complexity index is 809. The topological polar surface area (TPSA) is 74.8 Å². The van der Waals surface area contributed by atoms with Crippen LogP contribution in [0.15, 0.2) is 60.5 Å². The van der Waals surface area contributed by atoms with Gasteiger partial charge >= 0.3 is 0 Å². The first-order valence-electron chi connectivity index (χ1n) is 8.19. The van der Waals surface area contributed by atoms with Crippen molar-refractivity contribution in [2.45, 2.75) is 19.3 Å². The van der Waals surface area contributed by atoms with Gasteiger partial charge in [0.05, 0.1) is 0 Å². The SMILES string of the molecule is O=C1C=CC(=O)N1C=CC1=CC2CCC1(C=CN1C(=O)C=CC1=O)C2. The molecule has 2 aliphatic carbocycles. The maximum absolute atomic E-state index is 11.7. The lowest BCUT2D eigenvalue weighted by atomic mass is 9.80. The second kappa shape index (κ2) is 5.51. The molecule has 2 unspecified atom stereocenters. The minimum absolute atomic E-state index is 0.260. The highest BCUT2D eigenvalue weighted by molar-refractivity contribution is 6.14. The van der Waals surface area contributed by atoms with Crippen LogP contribution in [0.25, 0.3) is 0 Å². The van der Waals surface area contributed by atoms with Gasteiger partial charge in [-0.25, -0.2) is 0 Å². The molecule has 2 aliphatic heterocycles. The van der Waals surface area contributed by atoms with Crippen molar-refractivity contribution in [3.8, 4) is 0 Å². The molecule has 4 rings (SSSR count). The normalized spacial score (nSPS) is 31.0. The Morgan fingerprint density at radius 1 is 0.880 bits per heavy atom. The van der Waals surface area contributed by atoms with Crippen molar-refractivity contribution in [3.05, 3.63) is 60.5 Å². The highest BCUT2D eigenvalue weighted by Crippen LogP contribution is 2.55. The molecule has 4 amide bonds. The van der Waals surface area contributed by atoms with Gasteiger partial charge in [-0.05, 0) is 36.8 Å². The van der Waals surface area contributed by atoms with Gasteiger partial charge in [-0.1, -0.05) is 12.2 Å². The number of imide groups is 2. The van der Waals surface area contributed by atoms with Gasteiger partial charge in [0.2, 0.25) is 0 Å². The molecule has 0 aromatic heterocycles. The minimum atomic E-state index is -0.353. The van der Waals surface area contributed by atoms with Crippen molar-refractivity contribution in [1.29, 1.82) is 0 Å². The van der Waals surface area contributed by atoms with Crippen LogP contribution in [0, 0.1) is 11.3 Å². The molecule has 0 aromatic carbocycles. The van der Waals surface area contributed by atoms with Gasteiger partial charge in [0.15, 0.2) is 0 Å². The third-order valence-corrected chi connectivity index (χ3v) is 5.21. The number of hydrogen-bond donors (Lipinski definition) is 0. The van der Waals surface area contributed by atoms with Gasteiger partial charge in [-0.3, -0.25) is 29.0 Å². The molecule has 0 saturated heterocycles. The number of rotatable bonds is 4. The van der Waals surface area contributed by atoms with E-state index in [0.717, 1.165) is 34.6 Å². The van der Waals surface area contributed by atoms with E-state index in [-0.39, 0.29) is 29.0 Å². The molecule has 2 atom stereocenters. The molecular weight excluding hydrogens is 320 g/mol. The Hall–Kier alpha value is -3.02. The van der Waals surface area contributed by atoms with Crippen molar-refractivity contribution in [2.75, 3.05) is 0 Å². The van der Waals surface area contributed by atoms with E-state index in [1.807, 2.05) is 6.08 Å². The van der Waals surface area contributed by atoms with Gasteiger partial charge in [-0.15, -0.1) is 0 Å². The first-order chi connectivity index (χ1) is 12.0. The summed E-state index contributed by atoms with van der Waals surface area (Å²) in [6, 6.07) is 0. The molecule has 25 heavy (non-hydrogen) atoms. The van der Waals surface area contributed by atoms with Crippen LogP contribution in [0.4, 0.5) is 0 Å². The molecule has 2 bridgehead atoms. The van der Waals surface area contributed by atoms with Crippen molar-refractivity contribution in [3.63, 3.8) is 0 Å². The molecule has 126 valence electrons. The quantitative estimate of drug-likeness (QED) is 0.731. The fourth-order valence-electron chi connectivity index (χ4n) is 3.90. The fraction of sp³-hybridized carbons (Fsp3) is 0.263. The monoisotopic (exact) mass is 336 g/mol. The molecule has 2 heterocycles. The zero-order valence-electron chi connectivity index (χ0n) is 13.4. The summed E-state index contributed by atoms with van der Waals surface area (Å²) in [6.07, 6.45) is 16.8. The van der Waals surface area contributed by atoms with Gasteiger partial charge in [0.1, 0.15) is 0 Å². The summed E-state index contributed by atoms with van der Waals surface area (Å²) in [5.74, 6) is -0.949. The highest BCUT2D eigenvalue weighted by atomic mass is 16.2. The van der Waals surface area contributed by atoms with E-state index in [2.05, 4.69) is 6.08 Å². The summed E-state index contributed by atoms with van der Waals surface area (Å²) < 4.78 is 0. The summed E-state index contributed by atoms with van der Waals surface area (Å²) in [5, 5.41) is 0. The van der Waals surface area contributed by atoms with Gasteiger partial charge < -0.3 is 0 Å². The Morgan fingerprint density at radius 3 is 2.00 bits per heavy atom. The standard InChI is InChI=1S/C19H16N2O4/c22-15-1-2-16(23)20(15)9-6-14-11-13-5-7-19(14,12-13)8-10-21-17(24)3-4-18(21)25/h1-4,6,8-11,13H,5,7,12H2. The minimum Gasteiger partial charge on any atom is -0.269 e. The van der Waals surface area contributed by atoms with Crippen LogP contribution in [0.5, 0.6) is 0 Å². The largest absolute Gasteiger partial charge is 0.269 e. The highest BCUT2D eigenvalue weighted by Gasteiger charge is 2.44. The Balaban J connectivity index is 1.55. The molecule has 1 fully saturated rings. The predicted molar refractivity (Wildman–Crippen MR) is 88.1 cm³/mol. The van der Waals surface area contributed by atoms with Crippen molar-refractivity contribution in [2.24, 2.45) is 11.3 Å². The molecule has 0 radical (unpaired) electrons. The van der Waals surface area contributed by atoms with Gasteiger partial charge in [0.25, 0.3) is 23.6 Å². The third kappa shape index (κ3) is 2.50. The lowest BCUT2D eigenvalue weighted by Gasteiger charge is -2.26. The molecule has 6 heteroatoms. The van der Waals surface area contributed by atoms with E-state index in [9.17, 15) is 19.2 Å². The summed E-state index contributed by atoms with van der Waals surface area (Å²) in [4.78, 5) is 48.9. The van der Waals surface area contributed by atoms with E-state index in [1.165, 1.54) is 30.5 Å². The molecule has 0 aromatic rings.